The van der Waals surface area contributed by atoms with Gasteiger partial charge >= 0.3 is 0 Å². The molecule has 1 aliphatic heterocycles. The number of hydrogen-bond donors (Lipinski definition) is 1. The van der Waals surface area contributed by atoms with Gasteiger partial charge in [-0.05, 0) is 37.8 Å². The van der Waals surface area contributed by atoms with Crippen molar-refractivity contribution in [1.82, 2.24) is 4.98 Å². The van der Waals surface area contributed by atoms with Crippen molar-refractivity contribution in [2.24, 2.45) is 10.9 Å². The number of nitrogens with one attached hydrogen (secondary N) is 1. The zero-order valence-corrected chi connectivity index (χ0v) is 13.3. The first-order valence-corrected chi connectivity index (χ1v) is 8.08. The third-order valence-corrected chi connectivity index (χ3v) is 4.47. The second-order valence-electron chi connectivity index (χ2n) is 6.27. The highest BCUT2D eigenvalue weighted by Gasteiger charge is 2.25. The van der Waals surface area contributed by atoms with Crippen molar-refractivity contribution in [3.8, 4) is 11.8 Å². The summed E-state index contributed by atoms with van der Waals surface area (Å²) in [5.74, 6) is 6.11. The van der Waals surface area contributed by atoms with Crippen LogP contribution in [0.1, 0.15) is 42.6 Å². The quantitative estimate of drug-likeness (QED) is 0.831. The molecule has 1 aromatic carbocycles. The molecule has 1 N–H and O–H groups in total. The van der Waals surface area contributed by atoms with E-state index in [2.05, 4.69) is 21.8 Å². The Morgan fingerprint density at radius 1 is 1.33 bits per heavy atom. The van der Waals surface area contributed by atoms with Gasteiger partial charge in [0.2, 0.25) is 0 Å². The highest BCUT2D eigenvalue weighted by atomic mass is 19.2. The van der Waals surface area contributed by atoms with Crippen LogP contribution in [-0.2, 0) is 0 Å². The molecule has 3 nitrogen and oxygen atoms in total. The average molecular weight is 325 g/mol. The van der Waals surface area contributed by atoms with Crippen LogP contribution in [-0.4, -0.2) is 17.9 Å². The van der Waals surface area contributed by atoms with Gasteiger partial charge in [0.25, 0.3) is 0 Å². The van der Waals surface area contributed by atoms with E-state index in [1.165, 1.54) is 18.9 Å². The number of aromatic nitrogens is 1. The normalized spacial score (nSPS) is 17.2. The number of rotatable bonds is 2. The van der Waals surface area contributed by atoms with Crippen molar-refractivity contribution in [3.63, 3.8) is 0 Å². The fourth-order valence-electron chi connectivity index (χ4n) is 2.90. The van der Waals surface area contributed by atoms with Gasteiger partial charge in [0.05, 0.1) is 11.7 Å². The lowest BCUT2D eigenvalue weighted by atomic mass is 10.1. The van der Waals surface area contributed by atoms with Gasteiger partial charge in [-0.3, -0.25) is 4.99 Å². The third kappa shape index (κ3) is 2.69. The largest absolute Gasteiger partial charge is 0.334 e. The van der Waals surface area contributed by atoms with Crippen molar-refractivity contribution in [1.29, 1.82) is 0 Å². The van der Waals surface area contributed by atoms with Gasteiger partial charge in [-0.1, -0.05) is 18.1 Å². The van der Waals surface area contributed by atoms with E-state index in [0.29, 0.717) is 18.2 Å². The van der Waals surface area contributed by atoms with Crippen LogP contribution in [0.5, 0.6) is 0 Å². The van der Waals surface area contributed by atoms with Gasteiger partial charge in [0.1, 0.15) is 12.5 Å². The Morgan fingerprint density at radius 3 is 2.96 bits per heavy atom. The smallest absolute Gasteiger partial charge is 0.164 e. The van der Waals surface area contributed by atoms with Crippen LogP contribution in [0.4, 0.5) is 14.6 Å². The lowest BCUT2D eigenvalue weighted by Crippen LogP contribution is -2.31. The first kappa shape index (κ1) is 14.9. The lowest BCUT2D eigenvalue weighted by molar-refractivity contribution is 0.487. The molecule has 122 valence electrons. The molecule has 0 radical (unpaired) electrons. The second-order valence-corrected chi connectivity index (χ2v) is 6.27. The van der Waals surface area contributed by atoms with Crippen LogP contribution < -0.4 is 4.90 Å². The maximum absolute atomic E-state index is 14.1. The molecule has 1 fully saturated rings. The summed E-state index contributed by atoms with van der Waals surface area (Å²) in [6.07, 6.45) is 4.15. The zero-order valence-electron chi connectivity index (χ0n) is 13.3. The van der Waals surface area contributed by atoms with Crippen LogP contribution >= 0.6 is 0 Å². The molecule has 0 unspecified atom stereocenters. The minimum absolute atomic E-state index is 0.318. The molecule has 0 spiro atoms. The number of benzene rings is 1. The van der Waals surface area contributed by atoms with E-state index >= 15 is 0 Å². The van der Waals surface area contributed by atoms with Gasteiger partial charge in [0, 0.05) is 23.3 Å². The number of aliphatic imine (C=N–C) groups is 1. The molecular formula is C19H17F2N3. The summed E-state index contributed by atoms with van der Waals surface area (Å²) in [6.45, 7) is 2.24. The SMILES string of the molecule is C[C@H](c1cccc(F)c1F)N1CN=Cc2cc(C#CC3CC3)[nH]c21. The molecule has 2 aliphatic rings. The fraction of sp³-hybridized carbons (Fsp3) is 0.316. The molecule has 24 heavy (non-hydrogen) atoms. The summed E-state index contributed by atoms with van der Waals surface area (Å²) >= 11 is 0. The van der Waals surface area contributed by atoms with Gasteiger partial charge < -0.3 is 9.88 Å². The first-order chi connectivity index (χ1) is 11.6. The zero-order chi connectivity index (χ0) is 16.7. The van der Waals surface area contributed by atoms with Crippen molar-refractivity contribution < 1.29 is 8.78 Å². The molecule has 1 atom stereocenters. The van der Waals surface area contributed by atoms with E-state index in [4.69, 9.17) is 0 Å². The number of hydrogen-bond acceptors (Lipinski definition) is 2. The molecular weight excluding hydrogens is 308 g/mol. The lowest BCUT2D eigenvalue weighted by Gasteiger charge is -2.31. The highest BCUT2D eigenvalue weighted by molar-refractivity contribution is 5.89. The monoisotopic (exact) mass is 325 g/mol. The third-order valence-electron chi connectivity index (χ3n) is 4.47. The predicted octanol–water partition coefficient (Wildman–Crippen LogP) is 4.01. The van der Waals surface area contributed by atoms with E-state index in [1.54, 1.807) is 12.3 Å². The number of nitrogens with zero attached hydrogens (tertiary/aromatic N) is 2. The molecule has 4 rings (SSSR count). The van der Waals surface area contributed by atoms with E-state index in [1.807, 2.05) is 17.9 Å². The molecule has 1 aromatic heterocycles. The van der Waals surface area contributed by atoms with Gasteiger partial charge in [-0.25, -0.2) is 8.78 Å². The maximum atomic E-state index is 14.1. The average Bonchev–Trinajstić information content (AvgIpc) is 3.32. The molecule has 1 saturated carbocycles. The summed E-state index contributed by atoms with van der Waals surface area (Å²) in [5, 5.41) is 0. The summed E-state index contributed by atoms with van der Waals surface area (Å²) in [5.41, 5.74) is 2.07. The fourth-order valence-corrected chi connectivity index (χ4v) is 2.90. The summed E-state index contributed by atoms with van der Waals surface area (Å²) in [7, 11) is 0. The maximum Gasteiger partial charge on any atom is 0.164 e. The van der Waals surface area contributed by atoms with Crippen LogP contribution in [0.15, 0.2) is 29.3 Å². The Labute approximate surface area is 139 Å². The summed E-state index contributed by atoms with van der Waals surface area (Å²) in [6, 6.07) is 5.87. The summed E-state index contributed by atoms with van der Waals surface area (Å²) < 4.78 is 27.7. The Bertz CT molecular complexity index is 868. The molecule has 0 saturated heterocycles. The van der Waals surface area contributed by atoms with Gasteiger partial charge in [-0.15, -0.1) is 0 Å². The minimum atomic E-state index is -0.831. The van der Waals surface area contributed by atoms with Crippen molar-refractivity contribution in [3.05, 3.63) is 52.7 Å². The Morgan fingerprint density at radius 2 is 2.17 bits per heavy atom. The van der Waals surface area contributed by atoms with E-state index in [-0.39, 0.29) is 6.04 Å². The van der Waals surface area contributed by atoms with Crippen LogP contribution in [0.25, 0.3) is 0 Å². The van der Waals surface area contributed by atoms with Gasteiger partial charge in [0.15, 0.2) is 11.6 Å². The van der Waals surface area contributed by atoms with E-state index < -0.39 is 11.6 Å². The first-order valence-electron chi connectivity index (χ1n) is 8.08. The second kappa shape index (κ2) is 5.79. The van der Waals surface area contributed by atoms with Crippen molar-refractivity contribution >= 4 is 12.0 Å². The minimum Gasteiger partial charge on any atom is -0.334 e. The van der Waals surface area contributed by atoms with Crippen LogP contribution in [0, 0.1) is 29.4 Å². The van der Waals surface area contributed by atoms with E-state index in [9.17, 15) is 8.78 Å². The number of aromatic amines is 1. The van der Waals surface area contributed by atoms with Gasteiger partial charge in [-0.2, -0.15) is 0 Å². The molecule has 5 heteroatoms. The predicted molar refractivity (Wildman–Crippen MR) is 90.1 cm³/mol. The standard InChI is InChI=1S/C19H17F2N3/c1-12(16-3-2-4-17(20)18(16)21)24-11-22-10-14-9-15(23-19(14)24)8-7-13-5-6-13/h2-4,9-10,12-13,23H,5-6,11H2,1H3/t12-/m1/s1. The molecule has 0 bridgehead atoms. The van der Waals surface area contributed by atoms with E-state index in [0.717, 1.165) is 23.1 Å². The van der Waals surface area contributed by atoms with Crippen LogP contribution in [0.2, 0.25) is 0 Å². The summed E-state index contributed by atoms with van der Waals surface area (Å²) in [4.78, 5) is 9.56. The Balaban J connectivity index is 1.67. The van der Waals surface area contributed by atoms with Crippen molar-refractivity contribution in [2.75, 3.05) is 11.6 Å². The van der Waals surface area contributed by atoms with Crippen molar-refractivity contribution in [2.45, 2.75) is 25.8 Å². The number of anilines is 1. The Hall–Kier alpha value is -2.61. The molecule has 0 amide bonds. The Kier molecular flexibility index (Phi) is 3.61. The highest BCUT2D eigenvalue weighted by Crippen LogP contribution is 2.33. The molecule has 1 aliphatic carbocycles. The molecule has 2 heterocycles. The topological polar surface area (TPSA) is 31.4 Å². The number of H-pyrrole nitrogens is 1. The molecule has 2 aromatic rings. The number of halogens is 2. The number of fused-ring (bicyclic) bond motifs is 1. The van der Waals surface area contributed by atoms with Crippen LogP contribution in [0.3, 0.4) is 0 Å².